The number of nitrogens with zero attached hydrogens (tertiary/aromatic N) is 3. The number of nitroso groups, excluding NO2 is 1. The number of benzene rings is 1. The molecule has 0 spiro atoms. The summed E-state index contributed by atoms with van der Waals surface area (Å²) in [6.45, 7) is 7.34. The van der Waals surface area contributed by atoms with Gasteiger partial charge in [-0.25, -0.2) is 4.98 Å². The van der Waals surface area contributed by atoms with E-state index in [4.69, 9.17) is 9.72 Å². The number of ether oxygens (including phenoxy) is 1. The van der Waals surface area contributed by atoms with E-state index in [9.17, 15) is 15.0 Å². The van der Waals surface area contributed by atoms with Crippen LogP contribution in [0.2, 0.25) is 0 Å². The van der Waals surface area contributed by atoms with E-state index in [2.05, 4.69) is 11.2 Å². The van der Waals surface area contributed by atoms with Crippen LogP contribution in [0.1, 0.15) is 67.0 Å². The summed E-state index contributed by atoms with van der Waals surface area (Å²) in [5, 5.41) is 13.2. The summed E-state index contributed by atoms with van der Waals surface area (Å²) in [5.41, 5.74) is 3.89. The number of thiophene rings is 1. The van der Waals surface area contributed by atoms with Crippen molar-refractivity contribution in [2.45, 2.75) is 65.1 Å². The highest BCUT2D eigenvalue weighted by Crippen LogP contribution is 2.46. The minimum absolute atomic E-state index is 0.522. The number of pyridine rings is 1. The van der Waals surface area contributed by atoms with Gasteiger partial charge in [-0.1, -0.05) is 12.1 Å². The van der Waals surface area contributed by atoms with Crippen LogP contribution in [0.15, 0.2) is 29.4 Å². The van der Waals surface area contributed by atoms with Crippen LogP contribution in [-0.4, -0.2) is 16.5 Å². The molecule has 2 aromatic heterocycles. The Hall–Kier alpha value is -2.95. The monoisotopic (exact) mass is 447 g/mol. The van der Waals surface area contributed by atoms with Crippen molar-refractivity contribution in [3.05, 3.63) is 56.4 Å². The fraction of sp³-hybridized carbons (Fsp3) is 0.400. The zero-order valence-electron chi connectivity index (χ0n) is 18.7. The largest absolute Gasteiger partial charge is 0.358 e. The molecule has 0 aliphatic heterocycles. The Morgan fingerprint density at radius 2 is 2.03 bits per heavy atom. The van der Waals surface area contributed by atoms with Crippen molar-refractivity contribution in [3.63, 3.8) is 0 Å². The summed E-state index contributed by atoms with van der Waals surface area (Å²) >= 11 is 1.69. The van der Waals surface area contributed by atoms with Gasteiger partial charge >= 0.3 is 5.91 Å². The second kappa shape index (κ2) is 8.53. The molecule has 1 aromatic carbocycles. The predicted octanol–water partition coefficient (Wildman–Crippen LogP) is 6.17. The van der Waals surface area contributed by atoms with Crippen LogP contribution in [-0.2, 0) is 22.4 Å². The third-order valence-corrected chi connectivity index (χ3v) is 6.84. The molecule has 164 valence electrons. The maximum Gasteiger partial charge on any atom is 0.319 e. The molecule has 7 heteroatoms. The van der Waals surface area contributed by atoms with Crippen LogP contribution < -0.4 is 0 Å². The quantitative estimate of drug-likeness (QED) is 0.446. The molecule has 0 N–H and O–H groups in total. The number of rotatable bonds is 4. The number of fused-ring (bicyclic) bond motifs is 3. The van der Waals surface area contributed by atoms with Crippen molar-refractivity contribution in [1.82, 2.24) is 4.98 Å². The molecule has 0 saturated heterocycles. The first-order chi connectivity index (χ1) is 15.2. The molecular formula is C25H25N3O3S. The van der Waals surface area contributed by atoms with Gasteiger partial charge in [-0.15, -0.1) is 16.2 Å². The molecule has 0 saturated carbocycles. The zero-order chi connectivity index (χ0) is 23.0. The van der Waals surface area contributed by atoms with Crippen molar-refractivity contribution in [2.75, 3.05) is 0 Å². The van der Waals surface area contributed by atoms with E-state index in [0.29, 0.717) is 16.8 Å². The highest BCUT2D eigenvalue weighted by molar-refractivity contribution is 7.19. The first-order valence-corrected chi connectivity index (χ1v) is 11.6. The average Bonchev–Trinajstić information content (AvgIpc) is 3.13. The molecule has 0 bridgehead atoms. The van der Waals surface area contributed by atoms with E-state index < -0.39 is 17.6 Å². The number of aromatic nitrogens is 1. The Bertz CT molecular complexity index is 1260. The normalized spacial score (nSPS) is 14.6. The van der Waals surface area contributed by atoms with E-state index in [1.54, 1.807) is 17.4 Å². The maximum atomic E-state index is 12.7. The average molecular weight is 448 g/mol. The third kappa shape index (κ3) is 4.08. The Balaban J connectivity index is 2.12. The highest BCUT2D eigenvalue weighted by Gasteiger charge is 2.34. The predicted molar refractivity (Wildman–Crippen MR) is 126 cm³/mol. The number of carbonyl (C=O) groups is 1. The highest BCUT2D eigenvalue weighted by atomic mass is 32.1. The number of amides is 1. The van der Waals surface area contributed by atoms with Gasteiger partial charge in [0, 0.05) is 32.3 Å². The fourth-order valence-electron chi connectivity index (χ4n) is 4.42. The lowest BCUT2D eigenvalue weighted by molar-refractivity contribution is -0.139. The molecule has 4 rings (SSSR count). The van der Waals surface area contributed by atoms with Crippen molar-refractivity contribution < 1.29 is 9.53 Å². The summed E-state index contributed by atoms with van der Waals surface area (Å²) in [4.78, 5) is 31.2. The molecule has 32 heavy (non-hydrogen) atoms. The third-order valence-electron chi connectivity index (χ3n) is 5.66. The zero-order valence-corrected chi connectivity index (χ0v) is 19.5. The minimum Gasteiger partial charge on any atom is -0.358 e. The minimum atomic E-state index is -1.18. The van der Waals surface area contributed by atoms with Crippen LogP contribution in [0, 0.1) is 23.2 Å². The molecule has 1 amide bonds. The lowest BCUT2D eigenvalue weighted by Crippen LogP contribution is -2.28. The summed E-state index contributed by atoms with van der Waals surface area (Å²) in [7, 11) is 0. The summed E-state index contributed by atoms with van der Waals surface area (Å²) in [6, 6.07) is 9.52. The lowest BCUT2D eigenvalue weighted by Gasteiger charge is -2.28. The second-order valence-electron chi connectivity index (χ2n) is 9.11. The van der Waals surface area contributed by atoms with Gasteiger partial charge in [0.1, 0.15) is 4.83 Å². The number of aryl methyl sites for hydroxylation is 3. The Morgan fingerprint density at radius 3 is 2.72 bits per heavy atom. The van der Waals surface area contributed by atoms with Gasteiger partial charge in [0.05, 0.1) is 17.2 Å². The van der Waals surface area contributed by atoms with Crippen molar-refractivity contribution in [2.24, 2.45) is 5.18 Å². The fourth-order valence-corrected chi connectivity index (χ4v) is 5.73. The van der Waals surface area contributed by atoms with Crippen molar-refractivity contribution in [1.29, 1.82) is 5.26 Å². The van der Waals surface area contributed by atoms with E-state index >= 15 is 0 Å². The van der Waals surface area contributed by atoms with Crippen LogP contribution in [0.3, 0.4) is 0 Å². The summed E-state index contributed by atoms with van der Waals surface area (Å²) in [5.74, 6) is -0.883. The SMILES string of the molecule is Cc1nc2sc3c(c2c(-c2cccc(C#N)c2)c1[C@@H](OC(C)(C)C)C(=O)N=O)CCCC3. The molecule has 1 atom stereocenters. The molecule has 0 fully saturated rings. The van der Waals surface area contributed by atoms with Crippen LogP contribution >= 0.6 is 11.3 Å². The lowest BCUT2D eigenvalue weighted by atomic mass is 9.87. The molecule has 0 unspecified atom stereocenters. The number of hydrogen-bond acceptors (Lipinski definition) is 6. The smallest absolute Gasteiger partial charge is 0.319 e. The Kier molecular flexibility index (Phi) is 5.93. The van der Waals surface area contributed by atoms with Gasteiger partial charge in [0.15, 0.2) is 6.10 Å². The topological polar surface area (TPSA) is 92.4 Å². The van der Waals surface area contributed by atoms with Crippen LogP contribution in [0.5, 0.6) is 0 Å². The molecule has 1 aliphatic rings. The molecule has 0 radical (unpaired) electrons. The van der Waals surface area contributed by atoms with Gasteiger partial charge in [0.25, 0.3) is 0 Å². The number of hydrogen-bond donors (Lipinski definition) is 0. The Labute approximate surface area is 191 Å². The van der Waals surface area contributed by atoms with Gasteiger partial charge in [-0.05, 0) is 76.6 Å². The Morgan fingerprint density at radius 1 is 1.28 bits per heavy atom. The van der Waals surface area contributed by atoms with E-state index in [1.165, 1.54) is 10.4 Å². The van der Waals surface area contributed by atoms with Crippen molar-refractivity contribution in [3.8, 4) is 17.2 Å². The van der Waals surface area contributed by atoms with Gasteiger partial charge < -0.3 is 4.74 Å². The van der Waals surface area contributed by atoms with E-state index in [-0.39, 0.29) is 0 Å². The van der Waals surface area contributed by atoms with Gasteiger partial charge in [-0.3, -0.25) is 4.79 Å². The van der Waals surface area contributed by atoms with E-state index in [1.807, 2.05) is 45.9 Å². The van der Waals surface area contributed by atoms with Gasteiger partial charge in [0.2, 0.25) is 0 Å². The number of carbonyl (C=O) groups excluding carboxylic acids is 1. The summed E-state index contributed by atoms with van der Waals surface area (Å²) in [6.07, 6.45) is 3.02. The first kappa shape index (κ1) is 22.3. The molecule has 2 heterocycles. The van der Waals surface area contributed by atoms with Crippen LogP contribution in [0.25, 0.3) is 21.3 Å². The second-order valence-corrected chi connectivity index (χ2v) is 10.2. The van der Waals surface area contributed by atoms with Gasteiger partial charge in [-0.2, -0.15) is 5.26 Å². The maximum absolute atomic E-state index is 12.7. The van der Waals surface area contributed by atoms with Crippen molar-refractivity contribution >= 4 is 27.5 Å². The summed E-state index contributed by atoms with van der Waals surface area (Å²) < 4.78 is 6.10. The molecule has 6 nitrogen and oxygen atoms in total. The standard InChI is InChI=1S/C25H25N3O3S/c1-14-19(22(23(29)28-30)31-25(2,3)4)20(16-9-7-8-15(12-16)13-26)21-17-10-5-6-11-18(17)32-24(21)27-14/h7-9,12,22H,5-6,10-11H2,1-4H3/t22-/m1/s1. The van der Waals surface area contributed by atoms with E-state index in [0.717, 1.165) is 47.0 Å². The molecular weight excluding hydrogens is 422 g/mol. The molecule has 3 aromatic rings. The molecule has 1 aliphatic carbocycles. The first-order valence-electron chi connectivity index (χ1n) is 10.7. The number of nitriles is 1. The van der Waals surface area contributed by atoms with Crippen LogP contribution in [0.4, 0.5) is 0 Å².